The fraction of sp³-hybridized carbons (Fsp3) is 0.250. The number of nitrogens with one attached hydrogen (secondary N) is 2. The van der Waals surface area contributed by atoms with E-state index >= 15 is 0 Å². The summed E-state index contributed by atoms with van der Waals surface area (Å²) in [6.07, 6.45) is 0.789. The summed E-state index contributed by atoms with van der Waals surface area (Å²) in [5.74, 6) is 0.0942. The molecule has 112 valence electrons. The first kappa shape index (κ1) is 15.7. The van der Waals surface area contributed by atoms with Gasteiger partial charge in [-0.15, -0.1) is 0 Å². The molecule has 1 unspecified atom stereocenters. The fourth-order valence-corrected chi connectivity index (χ4v) is 2.78. The van der Waals surface area contributed by atoms with Crippen LogP contribution in [-0.2, 0) is 16.6 Å². The van der Waals surface area contributed by atoms with Crippen LogP contribution >= 0.6 is 0 Å². The van der Waals surface area contributed by atoms with E-state index in [1.807, 2.05) is 48.5 Å². The zero-order valence-electron chi connectivity index (χ0n) is 12.0. The predicted octanol–water partition coefficient (Wildman–Crippen LogP) is 2.07. The average molecular weight is 304 g/mol. The molecule has 0 saturated carbocycles. The standard InChI is InChI=1S/C16H20N2O2S/c1-17-21(19,20)18-13-16(15-10-6-3-7-11-15)12-14-8-4-2-5-9-14/h2-11,16-18H,12-13H2,1H3. The molecule has 0 aliphatic heterocycles. The van der Waals surface area contributed by atoms with Crippen molar-refractivity contribution < 1.29 is 8.42 Å². The van der Waals surface area contributed by atoms with E-state index in [1.54, 1.807) is 0 Å². The minimum atomic E-state index is -3.41. The Hall–Kier alpha value is -1.69. The van der Waals surface area contributed by atoms with Gasteiger partial charge in [-0.1, -0.05) is 60.7 Å². The van der Waals surface area contributed by atoms with Gasteiger partial charge in [0.1, 0.15) is 0 Å². The SMILES string of the molecule is CNS(=O)(=O)NCC(Cc1ccccc1)c1ccccc1. The van der Waals surface area contributed by atoms with Gasteiger partial charge in [0.25, 0.3) is 10.2 Å². The van der Waals surface area contributed by atoms with Gasteiger partial charge < -0.3 is 0 Å². The van der Waals surface area contributed by atoms with Gasteiger partial charge in [0, 0.05) is 19.5 Å². The molecule has 0 aliphatic rings. The lowest BCUT2D eigenvalue weighted by atomic mass is 9.92. The zero-order chi connectivity index (χ0) is 15.1. The predicted molar refractivity (Wildman–Crippen MR) is 85.3 cm³/mol. The van der Waals surface area contributed by atoms with Crippen LogP contribution in [0.5, 0.6) is 0 Å². The van der Waals surface area contributed by atoms with Crippen LogP contribution in [0.3, 0.4) is 0 Å². The molecule has 2 N–H and O–H groups in total. The van der Waals surface area contributed by atoms with Gasteiger partial charge in [0.2, 0.25) is 0 Å². The van der Waals surface area contributed by atoms with Gasteiger partial charge in [0.05, 0.1) is 0 Å². The van der Waals surface area contributed by atoms with Gasteiger partial charge >= 0.3 is 0 Å². The summed E-state index contributed by atoms with van der Waals surface area (Å²) in [5.41, 5.74) is 2.31. The Morgan fingerprint density at radius 3 is 2.10 bits per heavy atom. The van der Waals surface area contributed by atoms with Crippen LogP contribution in [0, 0.1) is 0 Å². The Labute approximate surface area is 126 Å². The van der Waals surface area contributed by atoms with Crippen LogP contribution < -0.4 is 9.44 Å². The van der Waals surface area contributed by atoms with Crippen molar-refractivity contribution in [3.05, 3.63) is 71.8 Å². The topological polar surface area (TPSA) is 58.2 Å². The lowest BCUT2D eigenvalue weighted by molar-refractivity contribution is 0.561. The Morgan fingerprint density at radius 2 is 1.52 bits per heavy atom. The van der Waals surface area contributed by atoms with Crippen LogP contribution in [0.4, 0.5) is 0 Å². The molecule has 21 heavy (non-hydrogen) atoms. The average Bonchev–Trinajstić information content (AvgIpc) is 2.53. The van der Waals surface area contributed by atoms with Gasteiger partial charge in [-0.2, -0.15) is 8.42 Å². The number of hydrogen-bond donors (Lipinski definition) is 2. The van der Waals surface area contributed by atoms with Crippen molar-refractivity contribution in [1.82, 2.24) is 9.44 Å². The number of hydrogen-bond acceptors (Lipinski definition) is 2. The van der Waals surface area contributed by atoms with Crippen LogP contribution in [0.15, 0.2) is 60.7 Å². The van der Waals surface area contributed by atoms with Gasteiger partial charge in [0.15, 0.2) is 0 Å². The highest BCUT2D eigenvalue weighted by Gasteiger charge is 2.15. The van der Waals surface area contributed by atoms with Gasteiger partial charge in [-0.25, -0.2) is 9.44 Å². The van der Waals surface area contributed by atoms with Gasteiger partial charge in [-0.3, -0.25) is 0 Å². The number of benzene rings is 2. The Bertz CT molecular complexity index is 642. The monoisotopic (exact) mass is 304 g/mol. The van der Waals surface area contributed by atoms with E-state index in [-0.39, 0.29) is 5.92 Å². The molecular weight excluding hydrogens is 284 g/mol. The highest BCUT2D eigenvalue weighted by atomic mass is 32.2. The Morgan fingerprint density at radius 1 is 0.952 bits per heavy atom. The summed E-state index contributed by atoms with van der Waals surface area (Å²) in [7, 11) is -2.01. The second kappa shape index (κ2) is 7.36. The van der Waals surface area contributed by atoms with E-state index in [2.05, 4.69) is 21.6 Å². The summed E-state index contributed by atoms with van der Waals surface area (Å²) in [6, 6.07) is 20.0. The summed E-state index contributed by atoms with van der Waals surface area (Å²) >= 11 is 0. The molecule has 0 radical (unpaired) electrons. The second-order valence-electron chi connectivity index (χ2n) is 4.85. The van der Waals surface area contributed by atoms with E-state index in [1.165, 1.54) is 12.6 Å². The van der Waals surface area contributed by atoms with Crippen molar-refractivity contribution in [2.75, 3.05) is 13.6 Å². The van der Waals surface area contributed by atoms with Crippen LogP contribution in [0.2, 0.25) is 0 Å². The minimum absolute atomic E-state index is 0.0942. The number of rotatable bonds is 7. The van der Waals surface area contributed by atoms with Gasteiger partial charge in [-0.05, 0) is 17.5 Å². The largest absolute Gasteiger partial charge is 0.276 e. The van der Waals surface area contributed by atoms with Crippen molar-refractivity contribution in [2.45, 2.75) is 12.3 Å². The van der Waals surface area contributed by atoms with Crippen molar-refractivity contribution in [2.24, 2.45) is 0 Å². The molecule has 2 aromatic carbocycles. The Kier molecular flexibility index (Phi) is 5.50. The maximum atomic E-state index is 11.6. The summed E-state index contributed by atoms with van der Waals surface area (Å²) in [6.45, 7) is 0.363. The molecule has 0 amide bonds. The van der Waals surface area contributed by atoms with Crippen LogP contribution in [0.1, 0.15) is 17.0 Å². The van der Waals surface area contributed by atoms with Crippen molar-refractivity contribution in [3.8, 4) is 0 Å². The molecule has 0 aliphatic carbocycles. The normalized spacial score (nSPS) is 13.0. The molecule has 0 heterocycles. The van der Waals surface area contributed by atoms with Crippen molar-refractivity contribution in [3.63, 3.8) is 0 Å². The highest BCUT2D eigenvalue weighted by Crippen LogP contribution is 2.20. The summed E-state index contributed by atoms with van der Waals surface area (Å²) in [5, 5.41) is 0. The quantitative estimate of drug-likeness (QED) is 0.822. The zero-order valence-corrected chi connectivity index (χ0v) is 12.8. The van der Waals surface area contributed by atoms with Crippen molar-refractivity contribution >= 4 is 10.2 Å². The first-order chi connectivity index (χ1) is 10.1. The first-order valence-corrected chi connectivity index (χ1v) is 8.36. The first-order valence-electron chi connectivity index (χ1n) is 6.88. The molecule has 0 fully saturated rings. The lowest BCUT2D eigenvalue weighted by Crippen LogP contribution is -2.37. The molecule has 1 atom stereocenters. The Balaban J connectivity index is 2.15. The molecule has 4 nitrogen and oxygen atoms in total. The van der Waals surface area contributed by atoms with E-state index < -0.39 is 10.2 Å². The molecule has 0 spiro atoms. The highest BCUT2D eigenvalue weighted by molar-refractivity contribution is 7.87. The molecule has 5 heteroatoms. The third-order valence-corrected chi connectivity index (χ3v) is 4.47. The van der Waals surface area contributed by atoms with E-state index in [4.69, 9.17) is 0 Å². The third-order valence-electron chi connectivity index (χ3n) is 3.38. The molecule has 0 saturated heterocycles. The summed E-state index contributed by atoms with van der Waals surface area (Å²) in [4.78, 5) is 0. The molecule has 2 aromatic rings. The fourth-order valence-electron chi connectivity index (χ4n) is 2.21. The van der Waals surface area contributed by atoms with Crippen LogP contribution in [0.25, 0.3) is 0 Å². The minimum Gasteiger partial charge on any atom is -0.205 e. The molecular formula is C16H20N2O2S. The van der Waals surface area contributed by atoms with E-state index in [0.29, 0.717) is 6.54 Å². The smallest absolute Gasteiger partial charge is 0.205 e. The molecule has 2 rings (SSSR count). The molecule has 0 aromatic heterocycles. The lowest BCUT2D eigenvalue weighted by Gasteiger charge is -2.18. The maximum Gasteiger partial charge on any atom is 0.276 e. The van der Waals surface area contributed by atoms with Crippen LogP contribution in [-0.4, -0.2) is 22.0 Å². The van der Waals surface area contributed by atoms with E-state index in [0.717, 1.165) is 12.0 Å². The third kappa shape index (κ3) is 4.97. The molecule has 0 bridgehead atoms. The second-order valence-corrected chi connectivity index (χ2v) is 6.56. The van der Waals surface area contributed by atoms with E-state index in [9.17, 15) is 8.42 Å². The summed E-state index contributed by atoms with van der Waals surface area (Å²) < 4.78 is 28.0. The van der Waals surface area contributed by atoms with Crippen molar-refractivity contribution in [1.29, 1.82) is 0 Å². The maximum absolute atomic E-state index is 11.6.